The van der Waals surface area contributed by atoms with Crippen molar-refractivity contribution < 1.29 is 17.2 Å². The molecule has 0 saturated carbocycles. The fourth-order valence-electron chi connectivity index (χ4n) is 1.30. The number of nitrogens with one attached hydrogen (secondary N) is 1. The molecular formula is C9H8I2N-. The summed E-state index contributed by atoms with van der Waals surface area (Å²) in [6, 6.07) is 8.49. The minimum absolute atomic E-state index is 0.330. The average molecular weight is 384 g/mol. The van der Waals surface area contributed by atoms with Crippen molar-refractivity contribution in [3.8, 4) is 0 Å². The normalized spacial score (nSPS) is 11.1. The summed E-state index contributed by atoms with van der Waals surface area (Å²) in [5.74, 6) is 0. The predicted octanol–water partition coefficient (Wildman–Crippen LogP) is 0.107. The second-order valence-electron chi connectivity index (χ2n) is 2.59. The molecule has 0 fully saturated rings. The van der Waals surface area contributed by atoms with Gasteiger partial charge in [0.2, 0.25) is 0 Å². The van der Waals surface area contributed by atoms with Gasteiger partial charge in [0.25, 0.3) is 0 Å². The van der Waals surface area contributed by atoms with E-state index in [2.05, 4.69) is 54.1 Å². The Balaban J connectivity index is 2.55. The molecule has 2 aromatic rings. The minimum atomic E-state index is 0.330. The van der Waals surface area contributed by atoms with Crippen molar-refractivity contribution >= 4 is 29.5 Å². The molecule has 3 heteroatoms. The fourth-order valence-corrected chi connectivity index (χ4v) is 4.32. The molecule has 1 aromatic heterocycles. The second-order valence-corrected chi connectivity index (χ2v) is 7.80. The van der Waals surface area contributed by atoms with E-state index in [1.807, 2.05) is 0 Å². The number of rotatable bonds is 2. The summed E-state index contributed by atoms with van der Waals surface area (Å²) in [5.41, 5.74) is 2.74. The molecular weight excluding hydrogens is 376 g/mol. The number of alkyl halides is 1. The number of aromatic amines is 1. The third-order valence-corrected chi connectivity index (χ3v) is 4.91. The fraction of sp³-hybridized carbons (Fsp3) is 0.111. The van der Waals surface area contributed by atoms with Gasteiger partial charge in [0.15, 0.2) is 0 Å². The van der Waals surface area contributed by atoms with Crippen molar-refractivity contribution in [2.75, 3.05) is 0 Å². The van der Waals surface area contributed by atoms with Gasteiger partial charge in [0.1, 0.15) is 0 Å². The molecule has 0 aliphatic rings. The van der Waals surface area contributed by atoms with E-state index in [-0.39, 0.29) is 0 Å². The third kappa shape index (κ3) is 1.61. The third-order valence-electron chi connectivity index (χ3n) is 1.87. The summed E-state index contributed by atoms with van der Waals surface area (Å²) in [6.45, 7) is 0. The molecule has 0 bridgehead atoms. The Bertz CT molecular complexity index is 381. The van der Waals surface area contributed by atoms with Crippen molar-refractivity contribution in [1.29, 1.82) is 0 Å². The summed E-state index contributed by atoms with van der Waals surface area (Å²) in [5, 5.41) is 1.40. The first-order valence-corrected chi connectivity index (χ1v) is 11.5. The summed E-state index contributed by atoms with van der Waals surface area (Å²) in [6.07, 6.45) is 2.14. The van der Waals surface area contributed by atoms with E-state index in [1.165, 1.54) is 20.9 Å². The quantitative estimate of drug-likeness (QED) is 0.559. The van der Waals surface area contributed by atoms with E-state index in [9.17, 15) is 0 Å². The van der Waals surface area contributed by atoms with Crippen LogP contribution in [-0.2, 0) is 4.43 Å². The van der Waals surface area contributed by atoms with E-state index in [1.54, 1.807) is 0 Å². The molecule has 0 radical (unpaired) electrons. The molecule has 0 unspecified atom stereocenters. The molecule has 0 amide bonds. The number of halogens is 2. The van der Waals surface area contributed by atoms with Gasteiger partial charge < -0.3 is 0 Å². The number of benzene rings is 1. The molecule has 0 aliphatic carbocycles. The number of H-pyrrole nitrogens is 1. The van der Waals surface area contributed by atoms with Gasteiger partial charge in [-0.1, -0.05) is 0 Å². The maximum atomic E-state index is 3.29. The predicted molar refractivity (Wildman–Crippen MR) is 56.0 cm³/mol. The van der Waals surface area contributed by atoms with Gasteiger partial charge in [-0.2, -0.15) is 0 Å². The summed E-state index contributed by atoms with van der Waals surface area (Å²) in [7, 11) is 0. The van der Waals surface area contributed by atoms with Crippen LogP contribution in [0, 0.1) is 0 Å². The Kier molecular flexibility index (Phi) is 2.90. The Morgan fingerprint density at radius 3 is 3.00 bits per heavy atom. The average Bonchev–Trinajstić information content (AvgIpc) is 2.50. The molecule has 1 aromatic carbocycles. The van der Waals surface area contributed by atoms with E-state index < -0.39 is 0 Å². The first-order chi connectivity index (χ1) is 5.92. The van der Waals surface area contributed by atoms with Crippen molar-refractivity contribution in [3.63, 3.8) is 0 Å². The first kappa shape index (κ1) is 8.80. The molecule has 1 heterocycles. The molecule has 2 rings (SSSR count). The number of para-hydroxylation sites is 1. The Labute approximate surface area is 91.4 Å². The molecule has 64 valence electrons. The van der Waals surface area contributed by atoms with Crippen LogP contribution in [0.5, 0.6) is 0 Å². The van der Waals surface area contributed by atoms with E-state index in [0.29, 0.717) is 17.2 Å². The molecule has 0 saturated heterocycles. The zero-order valence-electron chi connectivity index (χ0n) is 6.35. The molecule has 1 nitrogen and oxygen atoms in total. The van der Waals surface area contributed by atoms with E-state index >= 15 is 0 Å². The van der Waals surface area contributed by atoms with Crippen LogP contribution in [0.15, 0.2) is 30.5 Å². The standard InChI is InChI=1S/C9H8I2N/c10-11-5-7-6-12-9-4-2-1-3-8(7)9/h1-4,6,12H,5H2/q-1. The summed E-state index contributed by atoms with van der Waals surface area (Å²) < 4.78 is 1.27. The number of aromatic nitrogens is 1. The van der Waals surface area contributed by atoms with Crippen LogP contribution in [0.3, 0.4) is 0 Å². The van der Waals surface area contributed by atoms with Crippen LogP contribution in [0.2, 0.25) is 0 Å². The van der Waals surface area contributed by atoms with Crippen LogP contribution in [0.1, 0.15) is 5.56 Å². The van der Waals surface area contributed by atoms with E-state index in [4.69, 9.17) is 0 Å². The number of hydrogen-bond donors (Lipinski definition) is 1. The van der Waals surface area contributed by atoms with Crippen molar-refractivity contribution in [3.05, 3.63) is 36.0 Å². The van der Waals surface area contributed by atoms with Gasteiger partial charge in [0, 0.05) is 0 Å². The SMILES string of the molecule is I[I-]Cc1c[nH]c2ccccc12. The van der Waals surface area contributed by atoms with Crippen molar-refractivity contribution in [2.45, 2.75) is 4.43 Å². The zero-order valence-corrected chi connectivity index (χ0v) is 10.7. The van der Waals surface area contributed by atoms with Gasteiger partial charge in [0.05, 0.1) is 0 Å². The van der Waals surface area contributed by atoms with Gasteiger partial charge in [-0.25, -0.2) is 0 Å². The van der Waals surface area contributed by atoms with E-state index in [0.717, 1.165) is 0 Å². The van der Waals surface area contributed by atoms with Crippen LogP contribution >= 0.6 is 18.6 Å². The summed E-state index contributed by atoms with van der Waals surface area (Å²) >= 11 is 2.85. The molecule has 0 atom stereocenters. The van der Waals surface area contributed by atoms with Crippen LogP contribution in [0.4, 0.5) is 0 Å². The van der Waals surface area contributed by atoms with Crippen LogP contribution in [0.25, 0.3) is 10.9 Å². The number of hydrogen-bond acceptors (Lipinski definition) is 0. The molecule has 0 spiro atoms. The monoisotopic (exact) mass is 384 g/mol. The zero-order chi connectivity index (χ0) is 8.39. The second kappa shape index (κ2) is 3.95. The van der Waals surface area contributed by atoms with Gasteiger partial charge in [-0.3, -0.25) is 0 Å². The maximum absolute atomic E-state index is 3.29. The molecule has 1 N–H and O–H groups in total. The first-order valence-electron chi connectivity index (χ1n) is 3.67. The Hall–Kier alpha value is 0.220. The Morgan fingerprint density at radius 1 is 1.33 bits per heavy atom. The van der Waals surface area contributed by atoms with Gasteiger partial charge >= 0.3 is 92.2 Å². The van der Waals surface area contributed by atoms with Crippen molar-refractivity contribution in [2.24, 2.45) is 0 Å². The summed E-state index contributed by atoms with van der Waals surface area (Å²) in [4.78, 5) is 3.29. The Morgan fingerprint density at radius 2 is 2.17 bits per heavy atom. The topological polar surface area (TPSA) is 15.8 Å². The van der Waals surface area contributed by atoms with Gasteiger partial charge in [-0.15, -0.1) is 0 Å². The van der Waals surface area contributed by atoms with Crippen LogP contribution in [-0.4, -0.2) is 4.98 Å². The van der Waals surface area contributed by atoms with Crippen molar-refractivity contribution in [1.82, 2.24) is 4.98 Å². The number of fused-ring (bicyclic) bond motifs is 1. The van der Waals surface area contributed by atoms with Gasteiger partial charge in [-0.05, 0) is 0 Å². The molecule has 12 heavy (non-hydrogen) atoms. The van der Waals surface area contributed by atoms with Crippen LogP contribution < -0.4 is 17.2 Å². The molecule has 0 aliphatic heterocycles.